The average Bonchev–Trinajstić information content (AvgIpc) is 2.68. The molecule has 7 nitrogen and oxygen atoms in total. The molecule has 0 radical (unpaired) electrons. The summed E-state index contributed by atoms with van der Waals surface area (Å²) in [6, 6.07) is 4.34. The van der Waals surface area contributed by atoms with E-state index in [-0.39, 0.29) is 16.3 Å². The highest BCUT2D eigenvalue weighted by Gasteiger charge is 2.25. The zero-order valence-corrected chi connectivity index (χ0v) is 16.1. The number of carbonyl (C=O) groups excluding carboxylic acids is 2. The van der Waals surface area contributed by atoms with Crippen LogP contribution in [0.2, 0.25) is 5.02 Å². The van der Waals surface area contributed by atoms with Crippen LogP contribution in [-0.4, -0.2) is 29.1 Å². The summed E-state index contributed by atoms with van der Waals surface area (Å²) in [6.45, 7) is 10.1. The van der Waals surface area contributed by atoms with Gasteiger partial charge in [0.2, 0.25) is 5.69 Å². The molecule has 1 unspecified atom stereocenters. The van der Waals surface area contributed by atoms with Crippen molar-refractivity contribution in [3.05, 3.63) is 69.5 Å². The van der Waals surface area contributed by atoms with E-state index in [1.54, 1.807) is 6.92 Å². The second-order valence-corrected chi connectivity index (χ2v) is 6.50. The first-order chi connectivity index (χ1) is 13.6. The molecular formula is C19H17ClF2N4O3. The number of aliphatic hydroxyl groups excluding tert-OH is 1. The fraction of sp³-hybridized carbons (Fsp3) is 0.211. The molecule has 0 aliphatic heterocycles. The van der Waals surface area contributed by atoms with E-state index in [4.69, 9.17) is 18.2 Å². The Balaban J connectivity index is 2.10. The second kappa shape index (κ2) is 9.32. The van der Waals surface area contributed by atoms with Crippen molar-refractivity contribution in [1.82, 2.24) is 10.9 Å². The number of benzene rings is 2. The van der Waals surface area contributed by atoms with Crippen molar-refractivity contribution in [2.75, 3.05) is 5.32 Å². The molecule has 152 valence electrons. The maximum Gasteiger partial charge on any atom is 0.269 e. The first kappa shape index (κ1) is 22.1. The Hall–Kier alpha value is -3.22. The van der Waals surface area contributed by atoms with Crippen molar-refractivity contribution in [2.24, 2.45) is 0 Å². The largest absolute Gasteiger partial charge is 0.391 e. The van der Waals surface area contributed by atoms with E-state index in [1.807, 2.05) is 0 Å². The lowest BCUT2D eigenvalue weighted by Crippen LogP contribution is -2.52. The van der Waals surface area contributed by atoms with Crippen LogP contribution in [0.5, 0.6) is 0 Å². The Bertz CT molecular complexity index is 992. The summed E-state index contributed by atoms with van der Waals surface area (Å²) in [5.74, 6) is -3.98. The molecule has 0 aliphatic rings. The SMILES string of the molecule is [C-]#[N+]c1ccc(NC(C(=O)NNC(=O)c2ccc(F)c(F)c2)[C@@H](C)O)c(C)c1Cl. The van der Waals surface area contributed by atoms with Gasteiger partial charge in [0.25, 0.3) is 11.8 Å². The predicted octanol–water partition coefficient (Wildman–Crippen LogP) is 3.10. The van der Waals surface area contributed by atoms with E-state index < -0.39 is 35.6 Å². The summed E-state index contributed by atoms with van der Waals surface area (Å²) < 4.78 is 26.2. The maximum atomic E-state index is 13.2. The third kappa shape index (κ3) is 5.19. The lowest BCUT2D eigenvalue weighted by Gasteiger charge is -2.23. The predicted molar refractivity (Wildman–Crippen MR) is 104 cm³/mol. The zero-order valence-electron chi connectivity index (χ0n) is 15.4. The molecule has 2 aromatic rings. The van der Waals surface area contributed by atoms with Gasteiger partial charge in [0.1, 0.15) is 6.04 Å². The molecule has 29 heavy (non-hydrogen) atoms. The summed E-state index contributed by atoms with van der Waals surface area (Å²) >= 11 is 6.10. The van der Waals surface area contributed by atoms with E-state index in [2.05, 4.69) is 21.0 Å². The summed E-state index contributed by atoms with van der Waals surface area (Å²) in [5, 5.41) is 13.0. The number of rotatable bonds is 5. The molecule has 0 heterocycles. The lowest BCUT2D eigenvalue weighted by atomic mass is 10.1. The van der Waals surface area contributed by atoms with Gasteiger partial charge in [-0.1, -0.05) is 17.7 Å². The molecule has 0 aliphatic carbocycles. The number of nitrogens with one attached hydrogen (secondary N) is 3. The molecular weight excluding hydrogens is 406 g/mol. The van der Waals surface area contributed by atoms with E-state index in [0.29, 0.717) is 17.3 Å². The molecule has 0 aromatic heterocycles. The minimum absolute atomic E-state index is 0.205. The number of anilines is 1. The van der Waals surface area contributed by atoms with Crippen molar-refractivity contribution >= 4 is 34.8 Å². The first-order valence-corrected chi connectivity index (χ1v) is 8.70. The summed E-state index contributed by atoms with van der Waals surface area (Å²) in [6.07, 6.45) is -1.17. The molecule has 2 amide bonds. The summed E-state index contributed by atoms with van der Waals surface area (Å²) in [7, 11) is 0. The molecule has 0 spiro atoms. The van der Waals surface area contributed by atoms with Crippen LogP contribution >= 0.6 is 11.6 Å². The number of hydrazine groups is 1. The van der Waals surface area contributed by atoms with Crippen molar-refractivity contribution in [1.29, 1.82) is 0 Å². The highest BCUT2D eigenvalue weighted by Crippen LogP contribution is 2.33. The molecule has 2 rings (SSSR count). The summed E-state index contributed by atoms with van der Waals surface area (Å²) in [5.41, 5.74) is 5.13. The fourth-order valence-electron chi connectivity index (χ4n) is 2.39. The molecule has 2 aromatic carbocycles. The van der Waals surface area contributed by atoms with Crippen molar-refractivity contribution in [3.8, 4) is 0 Å². The number of aliphatic hydroxyl groups is 1. The number of carbonyl (C=O) groups is 2. The molecule has 10 heteroatoms. The maximum absolute atomic E-state index is 13.2. The van der Waals surface area contributed by atoms with Crippen LogP contribution in [0.25, 0.3) is 4.85 Å². The number of halogens is 3. The molecule has 2 atom stereocenters. The van der Waals surface area contributed by atoms with Crippen LogP contribution < -0.4 is 16.2 Å². The van der Waals surface area contributed by atoms with E-state index in [0.717, 1.165) is 12.1 Å². The van der Waals surface area contributed by atoms with E-state index >= 15 is 0 Å². The van der Waals surface area contributed by atoms with Gasteiger partial charge in [0.05, 0.1) is 17.7 Å². The molecule has 4 N–H and O–H groups in total. The van der Waals surface area contributed by atoms with Gasteiger partial charge in [-0.2, -0.15) is 0 Å². The van der Waals surface area contributed by atoms with Crippen LogP contribution in [0.15, 0.2) is 30.3 Å². The summed E-state index contributed by atoms with van der Waals surface area (Å²) in [4.78, 5) is 27.7. The number of amides is 2. The third-order valence-corrected chi connectivity index (χ3v) is 4.52. The normalized spacial score (nSPS) is 12.4. The Morgan fingerprint density at radius 2 is 1.86 bits per heavy atom. The third-order valence-electron chi connectivity index (χ3n) is 4.04. The quantitative estimate of drug-likeness (QED) is 0.440. The van der Waals surface area contributed by atoms with Crippen LogP contribution in [0.1, 0.15) is 22.8 Å². The Labute approximate surface area is 170 Å². The minimum Gasteiger partial charge on any atom is -0.391 e. The molecule has 0 saturated carbocycles. The van der Waals surface area contributed by atoms with Crippen molar-refractivity contribution in [2.45, 2.75) is 26.0 Å². The van der Waals surface area contributed by atoms with Crippen LogP contribution in [-0.2, 0) is 4.79 Å². The average molecular weight is 423 g/mol. The Morgan fingerprint density at radius 1 is 1.17 bits per heavy atom. The van der Waals surface area contributed by atoms with Gasteiger partial charge in [0.15, 0.2) is 11.6 Å². The number of hydrogen-bond donors (Lipinski definition) is 4. The van der Waals surface area contributed by atoms with E-state index in [1.165, 1.54) is 19.1 Å². The van der Waals surface area contributed by atoms with Crippen LogP contribution in [0, 0.1) is 25.1 Å². The highest BCUT2D eigenvalue weighted by atomic mass is 35.5. The topological polar surface area (TPSA) is 94.8 Å². The molecule has 0 fully saturated rings. The zero-order chi connectivity index (χ0) is 21.7. The van der Waals surface area contributed by atoms with Crippen LogP contribution in [0.4, 0.5) is 20.2 Å². The van der Waals surface area contributed by atoms with Gasteiger partial charge in [-0.3, -0.25) is 20.4 Å². The monoisotopic (exact) mass is 422 g/mol. The first-order valence-electron chi connectivity index (χ1n) is 8.32. The fourth-order valence-corrected chi connectivity index (χ4v) is 2.60. The standard InChI is InChI=1S/C19H17ClF2N4O3/c1-9-14(6-7-15(23-3)16(9)20)24-17(10(2)27)19(29)26-25-18(28)11-4-5-12(21)13(22)8-11/h4-8,10,17,24,27H,1-2H3,(H,25,28)(H,26,29)/t10-,17?/m1/s1. The Morgan fingerprint density at radius 3 is 2.45 bits per heavy atom. The lowest BCUT2D eigenvalue weighted by molar-refractivity contribution is -0.124. The van der Waals surface area contributed by atoms with Crippen molar-refractivity contribution in [3.63, 3.8) is 0 Å². The van der Waals surface area contributed by atoms with Crippen molar-refractivity contribution < 1.29 is 23.5 Å². The van der Waals surface area contributed by atoms with Gasteiger partial charge >= 0.3 is 0 Å². The number of nitrogens with zero attached hydrogens (tertiary/aromatic N) is 1. The van der Waals surface area contributed by atoms with Crippen LogP contribution in [0.3, 0.4) is 0 Å². The minimum atomic E-state index is -1.21. The van der Waals surface area contributed by atoms with Gasteiger partial charge in [-0.05, 0) is 43.7 Å². The molecule has 0 saturated heterocycles. The van der Waals surface area contributed by atoms with Gasteiger partial charge in [0, 0.05) is 11.3 Å². The number of hydrogen-bond acceptors (Lipinski definition) is 4. The molecule has 0 bridgehead atoms. The van der Waals surface area contributed by atoms with Gasteiger partial charge in [-0.15, -0.1) is 0 Å². The van der Waals surface area contributed by atoms with E-state index in [9.17, 15) is 23.5 Å². The van der Waals surface area contributed by atoms with Gasteiger partial charge in [-0.25, -0.2) is 13.6 Å². The second-order valence-electron chi connectivity index (χ2n) is 6.12. The highest BCUT2D eigenvalue weighted by molar-refractivity contribution is 6.34. The smallest absolute Gasteiger partial charge is 0.269 e. The Kier molecular flexibility index (Phi) is 7.09. The van der Waals surface area contributed by atoms with Gasteiger partial charge < -0.3 is 10.4 Å².